The smallest absolute Gasteiger partial charge is 0.342 e. The first kappa shape index (κ1) is 17.7. The third-order valence-electron chi connectivity index (χ3n) is 3.84. The first-order valence-electron chi connectivity index (χ1n) is 7.45. The van der Waals surface area contributed by atoms with Gasteiger partial charge in [0.15, 0.2) is 11.9 Å². The molecule has 0 aliphatic heterocycles. The van der Waals surface area contributed by atoms with Crippen LogP contribution in [0.25, 0.3) is 0 Å². The van der Waals surface area contributed by atoms with Crippen molar-refractivity contribution in [2.24, 2.45) is 0 Å². The van der Waals surface area contributed by atoms with Crippen LogP contribution in [0.2, 0.25) is 0 Å². The van der Waals surface area contributed by atoms with Crippen LogP contribution in [0.1, 0.15) is 34.8 Å². The molecule has 0 spiro atoms. The zero-order valence-electron chi connectivity index (χ0n) is 13.5. The molecule has 1 unspecified atom stereocenters. The molecule has 0 saturated carbocycles. The highest BCUT2D eigenvalue weighted by molar-refractivity contribution is 5.87. The fraction of sp³-hybridized carbons (Fsp3) is 0.278. The molecule has 0 fully saturated rings. The van der Waals surface area contributed by atoms with Gasteiger partial charge in [0.05, 0.1) is 19.3 Å². The molecule has 0 aliphatic carbocycles. The number of pyridine rings is 1. The summed E-state index contributed by atoms with van der Waals surface area (Å²) in [5.41, 5.74) is -0.959. The number of carbonyl (C=O) groups is 2. The molecule has 24 heavy (non-hydrogen) atoms. The van der Waals surface area contributed by atoms with Crippen molar-refractivity contribution in [3.8, 4) is 0 Å². The summed E-state index contributed by atoms with van der Waals surface area (Å²) in [6.45, 7) is 1.81. The molecular weight excluding hydrogens is 313 g/mol. The SMILES string of the molecule is CCC(OCc1ccccc1)(C(=O)OC)c1ccnc(F)c1C=O. The van der Waals surface area contributed by atoms with Crippen LogP contribution in [0, 0.1) is 5.95 Å². The zero-order valence-corrected chi connectivity index (χ0v) is 13.5. The second-order valence-electron chi connectivity index (χ2n) is 5.13. The Morgan fingerprint density at radius 3 is 2.58 bits per heavy atom. The summed E-state index contributed by atoms with van der Waals surface area (Å²) in [5.74, 6) is -1.65. The predicted octanol–water partition coefficient (Wildman–Crippen LogP) is 3.03. The maximum absolute atomic E-state index is 13.9. The topological polar surface area (TPSA) is 65.5 Å². The fourth-order valence-corrected chi connectivity index (χ4v) is 2.54. The van der Waals surface area contributed by atoms with Crippen LogP contribution in [0.4, 0.5) is 4.39 Å². The predicted molar refractivity (Wildman–Crippen MR) is 84.8 cm³/mol. The Bertz CT molecular complexity index is 720. The molecule has 0 radical (unpaired) electrons. The van der Waals surface area contributed by atoms with Crippen molar-refractivity contribution >= 4 is 12.3 Å². The Hall–Kier alpha value is -2.60. The molecule has 6 heteroatoms. The highest BCUT2D eigenvalue weighted by atomic mass is 19.1. The molecule has 0 amide bonds. The van der Waals surface area contributed by atoms with Gasteiger partial charge in [-0.05, 0) is 18.1 Å². The van der Waals surface area contributed by atoms with Crippen molar-refractivity contribution < 1.29 is 23.5 Å². The standard InChI is InChI=1S/C18H18FNO4/c1-3-18(17(22)23-2,24-12-13-7-5-4-6-8-13)15-9-10-20-16(19)14(15)11-21/h4-11H,3,12H2,1-2H3. The lowest BCUT2D eigenvalue weighted by atomic mass is 9.88. The van der Waals surface area contributed by atoms with Gasteiger partial charge in [0.2, 0.25) is 5.95 Å². The van der Waals surface area contributed by atoms with Crippen LogP contribution in [0.5, 0.6) is 0 Å². The average Bonchev–Trinajstić information content (AvgIpc) is 2.63. The second kappa shape index (κ2) is 7.79. The maximum Gasteiger partial charge on any atom is 0.342 e. The minimum atomic E-state index is -1.59. The number of carbonyl (C=O) groups excluding carboxylic acids is 2. The van der Waals surface area contributed by atoms with Gasteiger partial charge < -0.3 is 9.47 Å². The van der Waals surface area contributed by atoms with Crippen LogP contribution < -0.4 is 0 Å². The monoisotopic (exact) mass is 331 g/mol. The lowest BCUT2D eigenvalue weighted by molar-refractivity contribution is -0.174. The van der Waals surface area contributed by atoms with Gasteiger partial charge in [-0.15, -0.1) is 0 Å². The van der Waals surface area contributed by atoms with Gasteiger partial charge in [0, 0.05) is 11.8 Å². The summed E-state index contributed by atoms with van der Waals surface area (Å²) in [5, 5.41) is 0. The Morgan fingerprint density at radius 2 is 2.00 bits per heavy atom. The van der Waals surface area contributed by atoms with Crippen LogP contribution in [0.15, 0.2) is 42.6 Å². The average molecular weight is 331 g/mol. The minimum absolute atomic E-state index is 0.103. The molecule has 0 saturated heterocycles. The summed E-state index contributed by atoms with van der Waals surface area (Å²) >= 11 is 0. The molecule has 5 nitrogen and oxygen atoms in total. The number of esters is 1. The summed E-state index contributed by atoms with van der Waals surface area (Å²) in [7, 11) is 1.22. The number of hydrogen-bond donors (Lipinski definition) is 0. The Morgan fingerprint density at radius 1 is 1.29 bits per heavy atom. The van der Waals surface area contributed by atoms with Gasteiger partial charge in [0.1, 0.15) is 0 Å². The first-order valence-corrected chi connectivity index (χ1v) is 7.45. The lowest BCUT2D eigenvalue weighted by Crippen LogP contribution is -2.40. The van der Waals surface area contributed by atoms with E-state index in [0.29, 0.717) is 6.29 Å². The summed E-state index contributed by atoms with van der Waals surface area (Å²) in [6.07, 6.45) is 1.69. The molecule has 2 rings (SSSR count). The highest BCUT2D eigenvalue weighted by Gasteiger charge is 2.43. The molecule has 1 aromatic heterocycles. The number of nitrogens with zero attached hydrogens (tertiary/aromatic N) is 1. The van der Waals surface area contributed by atoms with E-state index in [1.54, 1.807) is 6.92 Å². The molecule has 0 N–H and O–H groups in total. The van der Waals surface area contributed by atoms with E-state index in [4.69, 9.17) is 9.47 Å². The van der Waals surface area contributed by atoms with Gasteiger partial charge in [-0.3, -0.25) is 4.79 Å². The van der Waals surface area contributed by atoms with Crippen LogP contribution >= 0.6 is 0 Å². The third-order valence-corrected chi connectivity index (χ3v) is 3.84. The van der Waals surface area contributed by atoms with E-state index in [9.17, 15) is 14.0 Å². The zero-order chi connectivity index (χ0) is 17.6. The van der Waals surface area contributed by atoms with Crippen molar-refractivity contribution in [1.29, 1.82) is 0 Å². The van der Waals surface area contributed by atoms with Crippen molar-refractivity contribution in [3.63, 3.8) is 0 Å². The molecule has 1 heterocycles. The number of aldehydes is 1. The summed E-state index contributed by atoms with van der Waals surface area (Å²) < 4.78 is 24.6. The third kappa shape index (κ3) is 3.33. The van der Waals surface area contributed by atoms with Crippen molar-refractivity contribution in [3.05, 3.63) is 65.2 Å². The van der Waals surface area contributed by atoms with E-state index in [0.717, 1.165) is 5.56 Å². The van der Waals surface area contributed by atoms with Crippen LogP contribution in [0.3, 0.4) is 0 Å². The summed E-state index contributed by atoms with van der Waals surface area (Å²) in [4.78, 5) is 27.2. The van der Waals surface area contributed by atoms with Gasteiger partial charge >= 0.3 is 5.97 Å². The number of methoxy groups -OCH3 is 1. The van der Waals surface area contributed by atoms with E-state index in [1.165, 1.54) is 19.4 Å². The van der Waals surface area contributed by atoms with E-state index in [2.05, 4.69) is 4.98 Å². The maximum atomic E-state index is 13.9. The molecule has 126 valence electrons. The van der Waals surface area contributed by atoms with Crippen LogP contribution in [-0.2, 0) is 26.5 Å². The molecular formula is C18H18FNO4. The highest BCUT2D eigenvalue weighted by Crippen LogP contribution is 2.34. The number of halogens is 1. The van der Waals surface area contributed by atoms with Crippen molar-refractivity contribution in [2.75, 3.05) is 7.11 Å². The van der Waals surface area contributed by atoms with E-state index in [1.807, 2.05) is 30.3 Å². The minimum Gasteiger partial charge on any atom is -0.467 e. The van der Waals surface area contributed by atoms with Gasteiger partial charge in [-0.2, -0.15) is 4.39 Å². The molecule has 2 aromatic rings. The van der Waals surface area contributed by atoms with Gasteiger partial charge in [-0.25, -0.2) is 9.78 Å². The first-order chi connectivity index (χ1) is 11.6. The quantitative estimate of drug-likeness (QED) is 0.443. The van der Waals surface area contributed by atoms with E-state index in [-0.39, 0.29) is 24.2 Å². The summed E-state index contributed by atoms with van der Waals surface area (Å²) in [6, 6.07) is 10.6. The molecule has 1 atom stereocenters. The van der Waals surface area contributed by atoms with Gasteiger partial charge in [-0.1, -0.05) is 37.3 Å². The van der Waals surface area contributed by atoms with Crippen molar-refractivity contribution in [2.45, 2.75) is 25.6 Å². The Balaban J connectivity index is 2.49. The normalized spacial score (nSPS) is 13.1. The van der Waals surface area contributed by atoms with Crippen molar-refractivity contribution in [1.82, 2.24) is 4.98 Å². The Kier molecular flexibility index (Phi) is 5.76. The fourth-order valence-electron chi connectivity index (χ4n) is 2.54. The lowest BCUT2D eigenvalue weighted by Gasteiger charge is -2.31. The number of ether oxygens (including phenoxy) is 2. The molecule has 0 aliphatic rings. The Labute approximate surface area is 139 Å². The molecule has 0 bridgehead atoms. The molecule has 1 aromatic carbocycles. The van der Waals surface area contributed by atoms with E-state index < -0.39 is 17.5 Å². The van der Waals surface area contributed by atoms with E-state index >= 15 is 0 Å². The number of benzene rings is 1. The van der Waals surface area contributed by atoms with Crippen LogP contribution in [-0.4, -0.2) is 24.3 Å². The second-order valence-corrected chi connectivity index (χ2v) is 5.13. The van der Waals surface area contributed by atoms with Gasteiger partial charge in [0.25, 0.3) is 0 Å². The number of rotatable bonds is 7. The number of hydrogen-bond acceptors (Lipinski definition) is 5. The number of aromatic nitrogens is 1. The largest absolute Gasteiger partial charge is 0.467 e.